The molecule has 2 atom stereocenters. The Labute approximate surface area is 148 Å². The van der Waals surface area contributed by atoms with Crippen LogP contribution >= 0.6 is 11.5 Å². The molecule has 1 aromatic heterocycles. The van der Waals surface area contributed by atoms with Gasteiger partial charge in [0.25, 0.3) is 0 Å². The summed E-state index contributed by atoms with van der Waals surface area (Å²) in [6.07, 6.45) is 8.40. The van der Waals surface area contributed by atoms with Gasteiger partial charge in [-0.1, -0.05) is 52.4 Å². The van der Waals surface area contributed by atoms with Crippen LogP contribution in [-0.2, 0) is 21.6 Å². The lowest BCUT2D eigenvalue weighted by atomic mass is 10.2. The van der Waals surface area contributed by atoms with Crippen LogP contribution < -0.4 is 0 Å². The fraction of sp³-hybridized carbons (Fsp3) is 0.750. The molecule has 0 fully saturated rings. The molecule has 130 valence electrons. The van der Waals surface area contributed by atoms with Gasteiger partial charge >= 0.3 is 0 Å². The zero-order chi connectivity index (χ0) is 17.1. The van der Waals surface area contributed by atoms with Gasteiger partial charge in [-0.25, -0.2) is 0 Å². The molecule has 0 radical (unpaired) electrons. The van der Waals surface area contributed by atoms with Crippen molar-refractivity contribution < 1.29 is 8.42 Å². The minimum Gasteiger partial charge on any atom is -0.253 e. The lowest BCUT2D eigenvalue weighted by Crippen LogP contribution is -2.03. The van der Waals surface area contributed by atoms with Crippen molar-refractivity contribution in [1.82, 2.24) is 4.37 Å². The Hall–Kier alpha value is -0.580. The Bertz CT molecular complexity index is 523. The Morgan fingerprint density at radius 1 is 0.957 bits per heavy atom. The molecule has 0 aliphatic heterocycles. The number of unbranched alkanes of at least 4 members (excludes halogenated alkanes) is 6. The summed E-state index contributed by atoms with van der Waals surface area (Å²) in [6.45, 7) is 4.27. The van der Waals surface area contributed by atoms with Gasteiger partial charge in [0.05, 0.1) is 21.6 Å². The quantitative estimate of drug-likeness (QED) is 0.509. The summed E-state index contributed by atoms with van der Waals surface area (Å²) >= 11 is 1.08. The SMILES string of the molecule is CCCCCCS(=O)c1nsc(S(=O)CCCCCC)c1C#N. The summed E-state index contributed by atoms with van der Waals surface area (Å²) < 4.78 is 29.4. The summed E-state index contributed by atoms with van der Waals surface area (Å²) in [5, 5.41) is 9.69. The van der Waals surface area contributed by atoms with E-state index in [-0.39, 0.29) is 5.56 Å². The zero-order valence-corrected chi connectivity index (χ0v) is 16.5. The van der Waals surface area contributed by atoms with Crippen molar-refractivity contribution in [3.8, 4) is 6.07 Å². The maximum absolute atomic E-state index is 12.4. The molecule has 1 aromatic rings. The minimum absolute atomic E-state index is 0.289. The fourth-order valence-electron chi connectivity index (χ4n) is 2.18. The monoisotopic (exact) mass is 374 g/mol. The molecule has 1 heterocycles. The van der Waals surface area contributed by atoms with Crippen LogP contribution in [0.1, 0.15) is 70.8 Å². The topological polar surface area (TPSA) is 70.8 Å². The van der Waals surface area contributed by atoms with Crippen LogP contribution in [0.4, 0.5) is 0 Å². The molecule has 23 heavy (non-hydrogen) atoms. The van der Waals surface area contributed by atoms with Crippen LogP contribution in [0.5, 0.6) is 0 Å². The smallest absolute Gasteiger partial charge is 0.160 e. The van der Waals surface area contributed by atoms with E-state index in [1.165, 1.54) is 0 Å². The van der Waals surface area contributed by atoms with E-state index >= 15 is 0 Å². The van der Waals surface area contributed by atoms with Gasteiger partial charge in [-0.2, -0.15) is 9.64 Å². The molecule has 0 saturated carbocycles. The van der Waals surface area contributed by atoms with Crippen molar-refractivity contribution in [2.75, 3.05) is 11.5 Å². The second kappa shape index (κ2) is 11.9. The Kier molecular flexibility index (Phi) is 10.6. The number of hydrogen-bond donors (Lipinski definition) is 0. The van der Waals surface area contributed by atoms with Gasteiger partial charge in [0.2, 0.25) is 0 Å². The molecule has 0 saturated heterocycles. The third-order valence-corrected chi connectivity index (χ3v) is 7.73. The van der Waals surface area contributed by atoms with E-state index in [1.54, 1.807) is 0 Å². The highest BCUT2D eigenvalue weighted by Crippen LogP contribution is 2.26. The molecular weight excluding hydrogens is 348 g/mol. The van der Waals surface area contributed by atoms with E-state index in [1.807, 2.05) is 0 Å². The van der Waals surface area contributed by atoms with E-state index in [9.17, 15) is 13.7 Å². The first kappa shape index (κ1) is 20.5. The summed E-state index contributed by atoms with van der Waals surface area (Å²) in [4.78, 5) is 0. The number of hydrogen-bond acceptors (Lipinski definition) is 5. The molecule has 0 aromatic carbocycles. The highest BCUT2D eigenvalue weighted by atomic mass is 32.2. The van der Waals surface area contributed by atoms with Gasteiger partial charge in [-0.3, -0.25) is 8.42 Å². The van der Waals surface area contributed by atoms with Gasteiger partial charge in [-0.15, -0.1) is 0 Å². The second-order valence-electron chi connectivity index (χ2n) is 5.48. The normalized spacial score (nSPS) is 13.6. The summed E-state index contributed by atoms with van der Waals surface area (Å²) in [6, 6.07) is 2.07. The molecule has 0 aliphatic rings. The summed E-state index contributed by atoms with van der Waals surface area (Å²) in [5.41, 5.74) is 0.289. The van der Waals surface area contributed by atoms with Gasteiger partial charge in [-0.05, 0) is 24.4 Å². The van der Waals surface area contributed by atoms with Gasteiger partial charge < -0.3 is 0 Å². The second-order valence-corrected chi connectivity index (χ2v) is 9.51. The molecule has 0 N–H and O–H groups in total. The van der Waals surface area contributed by atoms with Crippen molar-refractivity contribution in [3.05, 3.63) is 5.56 Å². The third-order valence-electron chi connectivity index (χ3n) is 3.53. The standard InChI is InChI=1S/C16H26N2O2S3/c1-3-5-7-9-11-22(19)15-14(13-17)16(21-18-15)23(20)12-10-8-6-4-2/h3-12H2,1-2H3. The Morgan fingerprint density at radius 3 is 2.04 bits per heavy atom. The number of aromatic nitrogens is 1. The third kappa shape index (κ3) is 6.82. The maximum atomic E-state index is 12.4. The van der Waals surface area contributed by atoms with E-state index in [0.717, 1.165) is 62.9 Å². The molecule has 1 rings (SSSR count). The molecule has 0 amide bonds. The number of nitrogens with zero attached hydrogens (tertiary/aromatic N) is 2. The predicted molar refractivity (Wildman–Crippen MR) is 97.7 cm³/mol. The molecule has 7 heteroatoms. The number of nitriles is 1. The van der Waals surface area contributed by atoms with Crippen LogP contribution in [0.2, 0.25) is 0 Å². The average Bonchev–Trinajstić information content (AvgIpc) is 2.99. The van der Waals surface area contributed by atoms with E-state index < -0.39 is 21.6 Å². The maximum Gasteiger partial charge on any atom is 0.160 e. The first-order chi connectivity index (χ1) is 11.2. The average molecular weight is 375 g/mol. The molecule has 2 unspecified atom stereocenters. The molecular formula is C16H26N2O2S3. The van der Waals surface area contributed by atoms with Crippen molar-refractivity contribution in [1.29, 1.82) is 5.26 Å². The fourth-order valence-corrected chi connectivity index (χ4v) is 5.99. The van der Waals surface area contributed by atoms with Crippen LogP contribution in [0, 0.1) is 11.3 Å². The van der Waals surface area contributed by atoms with Gasteiger partial charge in [0.15, 0.2) is 5.03 Å². The first-order valence-corrected chi connectivity index (χ1v) is 11.7. The van der Waals surface area contributed by atoms with Crippen LogP contribution in [-0.4, -0.2) is 24.3 Å². The summed E-state index contributed by atoms with van der Waals surface area (Å²) in [5.74, 6) is 1.08. The van der Waals surface area contributed by atoms with Crippen molar-refractivity contribution >= 4 is 33.1 Å². The first-order valence-electron chi connectivity index (χ1n) is 8.32. The van der Waals surface area contributed by atoms with Crippen LogP contribution in [0.3, 0.4) is 0 Å². The van der Waals surface area contributed by atoms with Crippen LogP contribution in [0.25, 0.3) is 0 Å². The Balaban J connectivity index is 2.66. The predicted octanol–water partition coefficient (Wildman–Crippen LogP) is 4.39. The molecule has 0 bridgehead atoms. The number of rotatable bonds is 12. The lowest BCUT2D eigenvalue weighted by molar-refractivity contribution is 0.666. The van der Waals surface area contributed by atoms with Crippen molar-refractivity contribution in [3.63, 3.8) is 0 Å². The van der Waals surface area contributed by atoms with E-state index in [4.69, 9.17) is 0 Å². The lowest BCUT2D eigenvalue weighted by Gasteiger charge is -2.01. The highest BCUT2D eigenvalue weighted by molar-refractivity contribution is 7.87. The van der Waals surface area contributed by atoms with Gasteiger partial charge in [0.1, 0.15) is 15.8 Å². The Morgan fingerprint density at radius 2 is 1.52 bits per heavy atom. The molecule has 0 spiro atoms. The summed E-state index contributed by atoms with van der Waals surface area (Å²) in [7, 11) is -2.46. The van der Waals surface area contributed by atoms with E-state index in [2.05, 4.69) is 24.3 Å². The molecule has 0 aliphatic carbocycles. The van der Waals surface area contributed by atoms with Crippen molar-refractivity contribution in [2.24, 2.45) is 0 Å². The zero-order valence-electron chi connectivity index (χ0n) is 14.0. The van der Waals surface area contributed by atoms with Crippen LogP contribution in [0.15, 0.2) is 9.24 Å². The van der Waals surface area contributed by atoms with Crippen molar-refractivity contribution in [2.45, 2.75) is 74.4 Å². The largest absolute Gasteiger partial charge is 0.253 e. The van der Waals surface area contributed by atoms with Gasteiger partial charge in [0, 0.05) is 11.5 Å². The van der Waals surface area contributed by atoms with E-state index in [0.29, 0.717) is 20.7 Å². The minimum atomic E-state index is -1.26. The molecule has 4 nitrogen and oxygen atoms in total. The highest BCUT2D eigenvalue weighted by Gasteiger charge is 2.22.